The molecule has 0 aliphatic carbocycles. The number of rotatable bonds is 2. The van der Waals surface area contributed by atoms with E-state index in [9.17, 15) is 0 Å². The van der Waals surface area contributed by atoms with Crippen molar-refractivity contribution in [2.45, 2.75) is 19.9 Å². The topological polar surface area (TPSA) is 27.1 Å². The van der Waals surface area contributed by atoms with Crippen LogP contribution >= 0.6 is 0 Å². The molecule has 0 N–H and O–H groups in total. The van der Waals surface area contributed by atoms with Crippen LogP contribution in [0.5, 0.6) is 5.75 Å². The number of methoxy groups -OCH3 is 1. The van der Waals surface area contributed by atoms with Crippen molar-refractivity contribution in [1.82, 2.24) is 9.55 Å². The van der Waals surface area contributed by atoms with Gasteiger partial charge in [0.15, 0.2) is 0 Å². The molecular weight excluding hydrogens is 272 g/mol. The van der Waals surface area contributed by atoms with Gasteiger partial charge in [0.2, 0.25) is 0 Å². The highest BCUT2D eigenvalue weighted by Crippen LogP contribution is 2.36. The highest BCUT2D eigenvalue weighted by atomic mass is 16.5. The number of nitrogens with zero attached hydrogens (tertiary/aromatic N) is 2. The molecule has 0 aliphatic heterocycles. The summed E-state index contributed by atoms with van der Waals surface area (Å²) in [7, 11) is 1.71. The van der Waals surface area contributed by atoms with E-state index in [1.54, 1.807) is 7.11 Å². The van der Waals surface area contributed by atoms with E-state index in [2.05, 4.69) is 53.7 Å². The fourth-order valence-electron chi connectivity index (χ4n) is 3.29. The van der Waals surface area contributed by atoms with Crippen LogP contribution in [-0.4, -0.2) is 16.7 Å². The van der Waals surface area contributed by atoms with Crippen molar-refractivity contribution >= 4 is 32.6 Å². The Bertz CT molecular complexity index is 999. The standard InChI is InChI=1S/C19H18N2O/c1-12(2)21-18-5-4-15(22-3)10-17(18)16-8-14-11-20-7-6-13(14)9-19(16)21/h4-12H,1-3H3. The maximum atomic E-state index is 5.41. The number of pyridine rings is 1. The zero-order valence-electron chi connectivity index (χ0n) is 13.0. The van der Waals surface area contributed by atoms with Gasteiger partial charge in [0, 0.05) is 45.6 Å². The van der Waals surface area contributed by atoms with Gasteiger partial charge >= 0.3 is 0 Å². The first-order chi connectivity index (χ1) is 10.7. The Morgan fingerprint density at radius 3 is 2.55 bits per heavy atom. The lowest BCUT2D eigenvalue weighted by Gasteiger charge is -2.12. The second-order valence-corrected chi connectivity index (χ2v) is 5.94. The van der Waals surface area contributed by atoms with E-state index < -0.39 is 0 Å². The summed E-state index contributed by atoms with van der Waals surface area (Å²) >= 11 is 0. The first-order valence-electron chi connectivity index (χ1n) is 7.54. The second kappa shape index (κ2) is 4.73. The normalized spacial score (nSPS) is 11.8. The molecule has 0 atom stereocenters. The molecule has 0 unspecified atom stereocenters. The van der Waals surface area contributed by atoms with Crippen LogP contribution < -0.4 is 4.74 Å². The summed E-state index contributed by atoms with van der Waals surface area (Å²) in [6.45, 7) is 4.44. The van der Waals surface area contributed by atoms with Crippen molar-refractivity contribution in [3.05, 3.63) is 48.8 Å². The van der Waals surface area contributed by atoms with Crippen LogP contribution in [0, 0.1) is 0 Å². The average molecular weight is 290 g/mol. The maximum absolute atomic E-state index is 5.41. The lowest BCUT2D eigenvalue weighted by Crippen LogP contribution is -1.99. The molecule has 3 nitrogen and oxygen atoms in total. The molecule has 0 spiro atoms. The zero-order chi connectivity index (χ0) is 15.3. The van der Waals surface area contributed by atoms with Gasteiger partial charge in [0.1, 0.15) is 5.75 Å². The van der Waals surface area contributed by atoms with Crippen molar-refractivity contribution in [1.29, 1.82) is 0 Å². The summed E-state index contributed by atoms with van der Waals surface area (Å²) in [5.74, 6) is 0.890. The molecule has 4 rings (SSSR count). The number of benzene rings is 2. The molecule has 0 radical (unpaired) electrons. The van der Waals surface area contributed by atoms with E-state index in [0.717, 1.165) is 5.75 Å². The third kappa shape index (κ3) is 1.78. The van der Waals surface area contributed by atoms with Crippen molar-refractivity contribution in [2.24, 2.45) is 0 Å². The second-order valence-electron chi connectivity index (χ2n) is 5.94. The number of ether oxygens (including phenoxy) is 1. The molecule has 110 valence electrons. The molecule has 3 heteroatoms. The van der Waals surface area contributed by atoms with E-state index >= 15 is 0 Å². The fourth-order valence-corrected chi connectivity index (χ4v) is 3.29. The highest BCUT2D eigenvalue weighted by Gasteiger charge is 2.14. The summed E-state index contributed by atoms with van der Waals surface area (Å²) < 4.78 is 7.80. The Morgan fingerprint density at radius 2 is 1.77 bits per heavy atom. The first kappa shape index (κ1) is 13.1. The molecule has 22 heavy (non-hydrogen) atoms. The molecule has 4 aromatic rings. The summed E-state index contributed by atoms with van der Waals surface area (Å²) in [6, 6.07) is 13.3. The van der Waals surface area contributed by atoms with Gasteiger partial charge in [-0.15, -0.1) is 0 Å². The van der Waals surface area contributed by atoms with Crippen molar-refractivity contribution in [2.75, 3.05) is 7.11 Å². The fraction of sp³-hybridized carbons (Fsp3) is 0.211. The Labute approximate surface area is 129 Å². The van der Waals surface area contributed by atoms with Crippen molar-refractivity contribution < 1.29 is 4.74 Å². The summed E-state index contributed by atoms with van der Waals surface area (Å²) in [4.78, 5) is 4.24. The Balaban J connectivity index is 2.23. The van der Waals surface area contributed by atoms with E-state index in [1.807, 2.05) is 18.5 Å². The quantitative estimate of drug-likeness (QED) is 0.523. The van der Waals surface area contributed by atoms with Gasteiger partial charge in [-0.1, -0.05) is 0 Å². The van der Waals surface area contributed by atoms with Crippen LogP contribution in [0.15, 0.2) is 48.8 Å². The minimum absolute atomic E-state index is 0.396. The largest absolute Gasteiger partial charge is 0.497 e. The Hall–Kier alpha value is -2.55. The van der Waals surface area contributed by atoms with Crippen molar-refractivity contribution in [3.8, 4) is 5.75 Å². The van der Waals surface area contributed by atoms with Gasteiger partial charge in [-0.05, 0) is 55.6 Å². The highest BCUT2D eigenvalue weighted by molar-refractivity contribution is 6.13. The maximum Gasteiger partial charge on any atom is 0.119 e. The minimum atomic E-state index is 0.396. The van der Waals surface area contributed by atoms with Gasteiger partial charge in [-0.2, -0.15) is 0 Å². The number of fused-ring (bicyclic) bond motifs is 4. The van der Waals surface area contributed by atoms with Crippen LogP contribution in [0.4, 0.5) is 0 Å². The summed E-state index contributed by atoms with van der Waals surface area (Å²) in [6.07, 6.45) is 3.77. The predicted molar refractivity (Wildman–Crippen MR) is 91.7 cm³/mol. The van der Waals surface area contributed by atoms with Gasteiger partial charge in [-0.3, -0.25) is 4.98 Å². The molecular formula is C19H18N2O. The van der Waals surface area contributed by atoms with Gasteiger partial charge < -0.3 is 9.30 Å². The monoisotopic (exact) mass is 290 g/mol. The third-order valence-electron chi connectivity index (χ3n) is 4.28. The molecule has 0 aliphatic rings. The minimum Gasteiger partial charge on any atom is -0.497 e. The molecule has 0 fully saturated rings. The van der Waals surface area contributed by atoms with Crippen LogP contribution in [0.3, 0.4) is 0 Å². The number of hydrogen-bond acceptors (Lipinski definition) is 2. The van der Waals surface area contributed by atoms with E-state index in [1.165, 1.54) is 32.6 Å². The van der Waals surface area contributed by atoms with Gasteiger partial charge in [-0.25, -0.2) is 0 Å². The molecule has 2 aromatic heterocycles. The van der Waals surface area contributed by atoms with Crippen molar-refractivity contribution in [3.63, 3.8) is 0 Å². The molecule has 0 saturated heterocycles. The van der Waals surface area contributed by atoms with Gasteiger partial charge in [0.05, 0.1) is 7.11 Å². The third-order valence-corrected chi connectivity index (χ3v) is 4.28. The smallest absolute Gasteiger partial charge is 0.119 e. The molecule has 0 amide bonds. The molecule has 2 aromatic carbocycles. The number of hydrogen-bond donors (Lipinski definition) is 0. The summed E-state index contributed by atoms with van der Waals surface area (Å²) in [5.41, 5.74) is 2.51. The molecule has 0 saturated carbocycles. The van der Waals surface area contributed by atoms with Crippen LogP contribution in [0.25, 0.3) is 32.6 Å². The zero-order valence-corrected chi connectivity index (χ0v) is 13.0. The first-order valence-corrected chi connectivity index (χ1v) is 7.54. The number of aromatic nitrogens is 2. The van der Waals surface area contributed by atoms with E-state index in [-0.39, 0.29) is 0 Å². The van der Waals surface area contributed by atoms with E-state index in [0.29, 0.717) is 6.04 Å². The predicted octanol–water partition coefficient (Wildman–Crippen LogP) is 4.93. The lowest BCUT2D eigenvalue weighted by atomic mass is 10.1. The molecule has 2 heterocycles. The SMILES string of the molecule is COc1ccc2c(c1)c1cc3cnccc3cc1n2C(C)C. The van der Waals surface area contributed by atoms with Crippen LogP contribution in [0.1, 0.15) is 19.9 Å². The van der Waals surface area contributed by atoms with Crippen LogP contribution in [0.2, 0.25) is 0 Å². The average Bonchev–Trinajstić information content (AvgIpc) is 2.85. The van der Waals surface area contributed by atoms with Crippen LogP contribution in [-0.2, 0) is 0 Å². The molecule has 0 bridgehead atoms. The summed E-state index contributed by atoms with van der Waals surface area (Å²) in [5, 5.41) is 4.87. The Kier molecular flexibility index (Phi) is 2.83. The van der Waals surface area contributed by atoms with E-state index in [4.69, 9.17) is 4.74 Å². The lowest BCUT2D eigenvalue weighted by molar-refractivity contribution is 0.415. The Morgan fingerprint density at radius 1 is 0.955 bits per heavy atom. The van der Waals surface area contributed by atoms with Gasteiger partial charge in [0.25, 0.3) is 0 Å².